The Morgan fingerprint density at radius 1 is 1.15 bits per heavy atom. The van der Waals surface area contributed by atoms with Gasteiger partial charge in [0.25, 0.3) is 0 Å². The summed E-state index contributed by atoms with van der Waals surface area (Å²) in [5.41, 5.74) is 0. The number of carbonyl (C=O) groups excluding carboxylic acids is 1. The third-order valence-electron chi connectivity index (χ3n) is 4.07. The molecule has 0 aromatic carbocycles. The van der Waals surface area contributed by atoms with Gasteiger partial charge in [-0.3, -0.25) is 4.79 Å². The summed E-state index contributed by atoms with van der Waals surface area (Å²) in [5, 5.41) is 30.7. The first-order chi connectivity index (χ1) is 12.6. The minimum absolute atomic E-state index is 0.0429. The quantitative estimate of drug-likeness (QED) is 0.235. The van der Waals surface area contributed by atoms with Crippen LogP contribution >= 0.6 is 0 Å². The Labute approximate surface area is 154 Å². The lowest BCUT2D eigenvalue weighted by atomic mass is 10.00. The molecule has 1 rings (SSSR count). The molecule has 9 heteroatoms. The van der Waals surface area contributed by atoms with Crippen LogP contribution in [0.3, 0.4) is 0 Å². The molecule has 26 heavy (non-hydrogen) atoms. The molecule has 0 bridgehead atoms. The fraction of sp³-hybridized carbons (Fsp3) is 0.941. The van der Waals surface area contributed by atoms with Crippen LogP contribution in [0, 0.1) is 0 Å². The van der Waals surface area contributed by atoms with Gasteiger partial charge < -0.3 is 39.6 Å². The number of nitrogens with one attached hydrogen (secondary N) is 1. The topological polar surface area (TPSA) is 127 Å². The van der Waals surface area contributed by atoms with Gasteiger partial charge >= 0.3 is 0 Å². The highest BCUT2D eigenvalue weighted by molar-refractivity contribution is 5.75. The Morgan fingerprint density at radius 2 is 1.92 bits per heavy atom. The molecule has 0 saturated carbocycles. The van der Waals surface area contributed by atoms with Crippen LogP contribution in [0.15, 0.2) is 0 Å². The van der Waals surface area contributed by atoms with Gasteiger partial charge in [0.2, 0.25) is 5.91 Å². The molecule has 1 aliphatic rings. The molecule has 2 unspecified atom stereocenters. The van der Waals surface area contributed by atoms with Crippen LogP contribution in [-0.4, -0.2) is 85.6 Å². The summed E-state index contributed by atoms with van der Waals surface area (Å²) in [6, 6.07) is 0. The largest absolute Gasteiger partial charge is 0.390 e. The zero-order chi connectivity index (χ0) is 19.2. The molecule has 9 nitrogen and oxygen atoms in total. The van der Waals surface area contributed by atoms with E-state index in [1.54, 1.807) is 0 Å². The van der Waals surface area contributed by atoms with Crippen molar-refractivity contribution in [1.29, 1.82) is 0 Å². The second kappa shape index (κ2) is 14.3. The molecule has 4 N–H and O–H groups in total. The van der Waals surface area contributed by atoms with Crippen LogP contribution in [0.2, 0.25) is 0 Å². The number of aliphatic hydroxyl groups excluding tert-OH is 3. The molecule has 1 heterocycles. The molecule has 0 radical (unpaired) electrons. The Hall–Kier alpha value is -0.810. The van der Waals surface area contributed by atoms with Crippen molar-refractivity contribution in [2.24, 2.45) is 0 Å². The van der Waals surface area contributed by atoms with E-state index >= 15 is 0 Å². The minimum Gasteiger partial charge on any atom is -0.390 e. The van der Waals surface area contributed by atoms with Crippen molar-refractivity contribution in [3.05, 3.63) is 0 Å². The van der Waals surface area contributed by atoms with Gasteiger partial charge in [-0.15, -0.1) is 0 Å². The molecule has 0 aromatic heterocycles. The van der Waals surface area contributed by atoms with Crippen molar-refractivity contribution in [3.63, 3.8) is 0 Å². The number of hydrogen-bond acceptors (Lipinski definition) is 8. The van der Waals surface area contributed by atoms with Crippen LogP contribution in [0.25, 0.3) is 0 Å². The summed E-state index contributed by atoms with van der Waals surface area (Å²) in [6.07, 6.45) is 0.0335. The second-order valence-electron chi connectivity index (χ2n) is 6.13. The molecule has 0 aliphatic carbocycles. The van der Waals surface area contributed by atoms with E-state index in [-0.39, 0.29) is 19.1 Å². The predicted octanol–water partition coefficient (Wildman–Crippen LogP) is -0.481. The summed E-state index contributed by atoms with van der Waals surface area (Å²) in [4.78, 5) is 11.7. The molecule has 1 saturated heterocycles. The molecule has 0 aromatic rings. The maximum atomic E-state index is 11.7. The van der Waals surface area contributed by atoms with Crippen molar-refractivity contribution in [2.45, 2.75) is 63.6 Å². The highest BCUT2D eigenvalue weighted by atomic mass is 16.7. The number of unbranched alkanes of at least 4 members (excludes halogenated alkanes) is 1. The van der Waals surface area contributed by atoms with Gasteiger partial charge in [-0.25, -0.2) is 0 Å². The van der Waals surface area contributed by atoms with E-state index in [0.29, 0.717) is 58.7 Å². The van der Waals surface area contributed by atoms with E-state index in [9.17, 15) is 15.0 Å². The Kier molecular flexibility index (Phi) is 12.8. The van der Waals surface area contributed by atoms with Crippen molar-refractivity contribution in [2.75, 3.05) is 39.8 Å². The maximum absolute atomic E-state index is 11.7. The fourth-order valence-corrected chi connectivity index (χ4v) is 2.60. The van der Waals surface area contributed by atoms with Crippen LogP contribution < -0.4 is 5.32 Å². The van der Waals surface area contributed by atoms with E-state index < -0.39 is 24.6 Å². The van der Waals surface area contributed by atoms with Gasteiger partial charge in [0.15, 0.2) is 6.29 Å². The zero-order valence-corrected chi connectivity index (χ0v) is 15.5. The molecule has 1 aliphatic heterocycles. The Morgan fingerprint density at radius 3 is 2.65 bits per heavy atom. The van der Waals surface area contributed by atoms with E-state index in [2.05, 4.69) is 5.32 Å². The highest BCUT2D eigenvalue weighted by Gasteiger charge is 2.35. The SMILES string of the molecule is CC[C@H]1OC(OCCCCC(=O)NCCOCCOCO)CC(O)[C@H]1O. The first-order valence-corrected chi connectivity index (χ1v) is 9.24. The van der Waals surface area contributed by atoms with E-state index in [1.807, 2.05) is 6.92 Å². The number of ether oxygens (including phenoxy) is 4. The first-order valence-electron chi connectivity index (χ1n) is 9.24. The molecular weight excluding hydrogens is 346 g/mol. The average molecular weight is 379 g/mol. The number of rotatable bonds is 14. The lowest BCUT2D eigenvalue weighted by Crippen LogP contribution is -2.48. The van der Waals surface area contributed by atoms with Gasteiger partial charge in [-0.1, -0.05) is 6.92 Å². The van der Waals surface area contributed by atoms with Crippen LogP contribution in [0.4, 0.5) is 0 Å². The van der Waals surface area contributed by atoms with E-state index in [1.165, 1.54) is 0 Å². The summed E-state index contributed by atoms with van der Waals surface area (Å²) in [7, 11) is 0. The van der Waals surface area contributed by atoms with Crippen molar-refractivity contribution in [3.8, 4) is 0 Å². The van der Waals surface area contributed by atoms with Crippen LogP contribution in [0.1, 0.15) is 39.0 Å². The number of amides is 1. The molecule has 1 amide bonds. The first kappa shape index (κ1) is 23.2. The standard InChI is InChI=1S/C17H33NO8/c1-2-14-17(22)13(20)11-16(26-14)25-7-4-3-5-15(21)18-6-8-23-9-10-24-12-19/h13-14,16-17,19-20,22H,2-12H2,1H3,(H,18,21)/t13?,14-,16?,17-/m1/s1. The number of hydrogen-bond donors (Lipinski definition) is 4. The molecule has 0 spiro atoms. The predicted molar refractivity (Wildman–Crippen MR) is 92.3 cm³/mol. The number of carbonyl (C=O) groups is 1. The van der Waals surface area contributed by atoms with Gasteiger partial charge in [0.05, 0.1) is 32.0 Å². The van der Waals surface area contributed by atoms with Gasteiger partial charge in [-0.05, 0) is 19.3 Å². The minimum atomic E-state index is -0.866. The lowest BCUT2D eigenvalue weighted by Gasteiger charge is -2.36. The summed E-state index contributed by atoms with van der Waals surface area (Å²) < 4.78 is 21.1. The third kappa shape index (κ3) is 9.77. The second-order valence-corrected chi connectivity index (χ2v) is 6.13. The average Bonchev–Trinajstić information content (AvgIpc) is 2.63. The molecule has 1 fully saturated rings. The smallest absolute Gasteiger partial charge is 0.220 e. The normalized spacial score (nSPS) is 26.0. The Bertz CT molecular complexity index is 371. The van der Waals surface area contributed by atoms with Gasteiger partial charge in [-0.2, -0.15) is 0 Å². The van der Waals surface area contributed by atoms with Gasteiger partial charge in [0, 0.05) is 26.0 Å². The Balaban J connectivity index is 1.97. The summed E-state index contributed by atoms with van der Waals surface area (Å²) in [5.74, 6) is -0.0429. The number of aliphatic hydroxyl groups is 3. The zero-order valence-electron chi connectivity index (χ0n) is 15.5. The molecule has 4 atom stereocenters. The lowest BCUT2D eigenvalue weighted by molar-refractivity contribution is -0.250. The maximum Gasteiger partial charge on any atom is 0.220 e. The fourth-order valence-electron chi connectivity index (χ4n) is 2.60. The van der Waals surface area contributed by atoms with Crippen LogP contribution in [0.5, 0.6) is 0 Å². The third-order valence-corrected chi connectivity index (χ3v) is 4.07. The molecular formula is C17H33NO8. The summed E-state index contributed by atoms with van der Waals surface area (Å²) in [6.45, 7) is 3.53. The van der Waals surface area contributed by atoms with Crippen LogP contribution in [-0.2, 0) is 23.7 Å². The van der Waals surface area contributed by atoms with Crippen molar-refractivity contribution >= 4 is 5.91 Å². The van der Waals surface area contributed by atoms with Gasteiger partial charge in [0.1, 0.15) is 12.9 Å². The monoisotopic (exact) mass is 379 g/mol. The van der Waals surface area contributed by atoms with E-state index in [0.717, 1.165) is 0 Å². The highest BCUT2D eigenvalue weighted by Crippen LogP contribution is 2.23. The van der Waals surface area contributed by atoms with Crippen molar-refractivity contribution < 1.29 is 39.1 Å². The summed E-state index contributed by atoms with van der Waals surface area (Å²) >= 11 is 0. The van der Waals surface area contributed by atoms with Crippen molar-refractivity contribution in [1.82, 2.24) is 5.32 Å². The molecule has 154 valence electrons. The van der Waals surface area contributed by atoms with E-state index in [4.69, 9.17) is 24.1 Å².